The van der Waals surface area contributed by atoms with E-state index in [-0.39, 0.29) is 12.2 Å². The Morgan fingerprint density at radius 3 is 2.54 bits per heavy atom. The van der Waals surface area contributed by atoms with Crippen LogP contribution in [0, 0.1) is 11.8 Å². The molecule has 28 heavy (non-hydrogen) atoms. The molecule has 0 saturated carbocycles. The van der Waals surface area contributed by atoms with Crippen LogP contribution in [-0.4, -0.2) is 71.5 Å². The number of rotatable bonds is 12. The first-order valence-electron chi connectivity index (χ1n) is 10.7. The van der Waals surface area contributed by atoms with Crippen molar-refractivity contribution < 1.29 is 14.3 Å². The summed E-state index contributed by atoms with van der Waals surface area (Å²) in [6.45, 7) is 14.2. The van der Waals surface area contributed by atoms with Crippen LogP contribution in [-0.2, 0) is 16.0 Å². The van der Waals surface area contributed by atoms with Crippen LogP contribution in [0.5, 0.6) is 0 Å². The molecule has 0 aromatic carbocycles. The molecule has 1 aliphatic rings. The highest BCUT2D eigenvalue weighted by Crippen LogP contribution is 2.20. The lowest BCUT2D eigenvalue weighted by molar-refractivity contribution is -0.145. The SMILES string of the molecule is CCOC(Cn1cc(C(=O)NCCCCN2CC(C)CC(C)C2)nn1)OCC. The summed E-state index contributed by atoms with van der Waals surface area (Å²) < 4.78 is 12.6. The number of hydrogen-bond donors (Lipinski definition) is 1. The van der Waals surface area contributed by atoms with Crippen LogP contribution in [0.1, 0.15) is 57.4 Å². The van der Waals surface area contributed by atoms with Gasteiger partial charge in [-0.15, -0.1) is 5.10 Å². The highest BCUT2D eigenvalue weighted by Gasteiger charge is 2.21. The first kappa shape index (κ1) is 22.8. The summed E-state index contributed by atoms with van der Waals surface area (Å²) in [6.07, 6.45) is 4.65. The number of ether oxygens (including phenoxy) is 2. The third kappa shape index (κ3) is 7.85. The van der Waals surface area contributed by atoms with E-state index in [0.29, 0.717) is 32.0 Å². The highest BCUT2D eigenvalue weighted by atomic mass is 16.7. The monoisotopic (exact) mass is 395 g/mol. The summed E-state index contributed by atoms with van der Waals surface area (Å²) in [4.78, 5) is 14.8. The summed E-state index contributed by atoms with van der Waals surface area (Å²) in [7, 11) is 0. The maximum atomic E-state index is 12.2. The van der Waals surface area contributed by atoms with Crippen molar-refractivity contribution in [2.45, 2.75) is 59.8 Å². The molecular formula is C20H37N5O3. The molecule has 0 bridgehead atoms. The normalized spacial score (nSPS) is 20.6. The van der Waals surface area contributed by atoms with Gasteiger partial charge >= 0.3 is 0 Å². The van der Waals surface area contributed by atoms with Gasteiger partial charge in [-0.25, -0.2) is 4.68 Å². The van der Waals surface area contributed by atoms with Crippen LogP contribution in [0.25, 0.3) is 0 Å². The van der Waals surface area contributed by atoms with Crippen molar-refractivity contribution in [3.63, 3.8) is 0 Å². The van der Waals surface area contributed by atoms with Crippen molar-refractivity contribution in [1.82, 2.24) is 25.2 Å². The molecule has 0 radical (unpaired) electrons. The lowest BCUT2D eigenvalue weighted by Gasteiger charge is -2.34. The van der Waals surface area contributed by atoms with Crippen molar-refractivity contribution in [1.29, 1.82) is 0 Å². The van der Waals surface area contributed by atoms with Crippen molar-refractivity contribution in [3.8, 4) is 0 Å². The Bertz CT molecular complexity index is 564. The second kappa shape index (κ2) is 12.1. The number of likely N-dealkylation sites (tertiary alicyclic amines) is 1. The lowest BCUT2D eigenvalue weighted by Crippen LogP contribution is -2.39. The van der Waals surface area contributed by atoms with Crippen molar-refractivity contribution in [3.05, 3.63) is 11.9 Å². The number of unbranched alkanes of at least 4 members (excludes halogenated alkanes) is 1. The molecule has 1 aromatic heterocycles. The third-order valence-electron chi connectivity index (χ3n) is 4.94. The van der Waals surface area contributed by atoms with Crippen molar-refractivity contribution in [2.24, 2.45) is 11.8 Å². The first-order chi connectivity index (χ1) is 13.5. The summed E-state index contributed by atoms with van der Waals surface area (Å²) in [5.74, 6) is 1.39. The van der Waals surface area contributed by atoms with Gasteiger partial charge in [-0.3, -0.25) is 4.79 Å². The molecule has 0 aliphatic carbocycles. The summed E-state index contributed by atoms with van der Waals surface area (Å²) in [6, 6.07) is 0. The molecule has 1 saturated heterocycles. The van der Waals surface area contributed by atoms with Gasteiger partial charge in [0.1, 0.15) is 0 Å². The summed E-state index contributed by atoms with van der Waals surface area (Å²) in [5.41, 5.74) is 0.324. The van der Waals surface area contributed by atoms with Gasteiger partial charge in [0.25, 0.3) is 5.91 Å². The maximum Gasteiger partial charge on any atom is 0.273 e. The minimum Gasteiger partial charge on any atom is -0.351 e. The maximum absolute atomic E-state index is 12.2. The minimum atomic E-state index is -0.382. The first-order valence-corrected chi connectivity index (χ1v) is 10.7. The van der Waals surface area contributed by atoms with Crippen LogP contribution < -0.4 is 5.32 Å². The number of aromatic nitrogens is 3. The smallest absolute Gasteiger partial charge is 0.273 e. The van der Waals surface area contributed by atoms with Crippen molar-refractivity contribution in [2.75, 3.05) is 39.4 Å². The second-order valence-electron chi connectivity index (χ2n) is 7.83. The molecule has 2 unspecified atom stereocenters. The van der Waals surface area contributed by atoms with E-state index in [1.807, 2.05) is 13.8 Å². The fraction of sp³-hybridized carbons (Fsp3) is 0.850. The number of hydrogen-bond acceptors (Lipinski definition) is 6. The van der Waals surface area contributed by atoms with E-state index in [4.69, 9.17) is 9.47 Å². The van der Waals surface area contributed by atoms with Gasteiger partial charge in [0.15, 0.2) is 12.0 Å². The Hall–Kier alpha value is -1.51. The Labute approximate surface area is 168 Å². The minimum absolute atomic E-state index is 0.184. The van der Waals surface area contributed by atoms with E-state index in [0.717, 1.165) is 31.2 Å². The molecule has 1 aromatic rings. The van der Waals surface area contributed by atoms with E-state index < -0.39 is 0 Å². The van der Waals surface area contributed by atoms with Crippen LogP contribution in [0.15, 0.2) is 6.20 Å². The molecule has 1 amide bonds. The number of carbonyl (C=O) groups is 1. The lowest BCUT2D eigenvalue weighted by atomic mass is 9.92. The van der Waals surface area contributed by atoms with E-state index in [1.54, 1.807) is 10.9 Å². The van der Waals surface area contributed by atoms with Gasteiger partial charge < -0.3 is 19.7 Å². The molecule has 160 valence electrons. The van der Waals surface area contributed by atoms with Crippen LogP contribution in [0.2, 0.25) is 0 Å². The fourth-order valence-electron chi connectivity index (χ4n) is 3.90. The van der Waals surface area contributed by atoms with Gasteiger partial charge in [0, 0.05) is 32.8 Å². The zero-order valence-electron chi connectivity index (χ0n) is 17.9. The van der Waals surface area contributed by atoms with Gasteiger partial charge in [-0.1, -0.05) is 19.1 Å². The third-order valence-corrected chi connectivity index (χ3v) is 4.94. The molecule has 1 N–H and O–H groups in total. The predicted octanol–water partition coefficient (Wildman–Crippen LogP) is 2.17. The summed E-state index contributed by atoms with van der Waals surface area (Å²) in [5, 5.41) is 10.9. The number of nitrogens with zero attached hydrogens (tertiary/aromatic N) is 4. The zero-order valence-corrected chi connectivity index (χ0v) is 17.9. The molecule has 8 nitrogen and oxygen atoms in total. The molecule has 8 heteroatoms. The quantitative estimate of drug-likeness (QED) is 0.431. The average Bonchev–Trinajstić information content (AvgIpc) is 3.09. The number of amides is 1. The molecule has 1 aliphatic heterocycles. The van der Waals surface area contributed by atoms with Gasteiger partial charge in [0.05, 0.1) is 12.7 Å². The molecule has 2 atom stereocenters. The Morgan fingerprint density at radius 1 is 1.21 bits per heavy atom. The van der Waals surface area contributed by atoms with Crippen LogP contribution in [0.3, 0.4) is 0 Å². The Balaban J connectivity index is 1.65. The van der Waals surface area contributed by atoms with E-state index in [1.165, 1.54) is 19.5 Å². The van der Waals surface area contributed by atoms with Gasteiger partial charge in [-0.05, 0) is 51.5 Å². The van der Waals surface area contributed by atoms with Crippen LogP contribution in [0.4, 0.5) is 0 Å². The highest BCUT2D eigenvalue weighted by molar-refractivity contribution is 5.91. The predicted molar refractivity (Wildman–Crippen MR) is 108 cm³/mol. The van der Waals surface area contributed by atoms with Crippen molar-refractivity contribution >= 4 is 5.91 Å². The molecule has 2 heterocycles. The zero-order chi connectivity index (χ0) is 20.4. The molecular weight excluding hydrogens is 358 g/mol. The summed E-state index contributed by atoms with van der Waals surface area (Å²) >= 11 is 0. The molecule has 2 rings (SSSR count). The standard InChI is InChI=1S/C20H37N5O3/c1-5-27-19(28-6-2)15-25-14-18(22-23-25)20(26)21-9-7-8-10-24-12-16(3)11-17(4)13-24/h14,16-17,19H,5-13,15H2,1-4H3,(H,21,26). The van der Waals surface area contributed by atoms with E-state index in [9.17, 15) is 4.79 Å². The van der Waals surface area contributed by atoms with E-state index >= 15 is 0 Å². The van der Waals surface area contributed by atoms with E-state index in [2.05, 4.69) is 34.4 Å². The van der Waals surface area contributed by atoms with Crippen LogP contribution >= 0.6 is 0 Å². The fourth-order valence-corrected chi connectivity index (χ4v) is 3.90. The molecule has 1 fully saturated rings. The Kier molecular flexibility index (Phi) is 9.87. The number of piperidine rings is 1. The van der Waals surface area contributed by atoms with Gasteiger partial charge in [0.2, 0.25) is 0 Å². The Morgan fingerprint density at radius 2 is 1.89 bits per heavy atom. The molecule has 0 spiro atoms. The van der Waals surface area contributed by atoms with Gasteiger partial charge in [-0.2, -0.15) is 0 Å². The second-order valence-corrected chi connectivity index (χ2v) is 7.83. The average molecular weight is 396 g/mol. The topological polar surface area (TPSA) is 81.5 Å². The number of carbonyl (C=O) groups excluding carboxylic acids is 1. The number of nitrogens with one attached hydrogen (secondary N) is 1. The largest absolute Gasteiger partial charge is 0.351 e.